The van der Waals surface area contributed by atoms with Crippen molar-refractivity contribution < 1.29 is 22.7 Å². The Balaban J connectivity index is 3.77. The molecule has 90 valence electrons. The van der Waals surface area contributed by atoms with Gasteiger partial charge in [0.2, 0.25) is 5.91 Å². The Morgan fingerprint density at radius 2 is 1.93 bits per heavy atom. The fraction of sp³-hybridized carbons (Fsp3) is 0.875. The van der Waals surface area contributed by atoms with Crippen LogP contribution in [0.1, 0.15) is 13.8 Å². The molecule has 0 aliphatic rings. The van der Waals surface area contributed by atoms with Gasteiger partial charge in [-0.1, -0.05) is 15.9 Å². The fourth-order valence-electron chi connectivity index (χ4n) is 0.706. The summed E-state index contributed by atoms with van der Waals surface area (Å²) in [7, 11) is 0. The third-order valence-electron chi connectivity index (χ3n) is 1.31. The van der Waals surface area contributed by atoms with Gasteiger partial charge < -0.3 is 10.1 Å². The smallest absolute Gasteiger partial charge is 0.362 e. The Labute approximate surface area is 94.5 Å². The number of nitrogens with one attached hydrogen (secondary N) is 1. The molecule has 0 atom stereocenters. The van der Waals surface area contributed by atoms with Gasteiger partial charge in [-0.15, -0.1) is 0 Å². The quantitative estimate of drug-likeness (QED) is 0.785. The zero-order chi connectivity index (χ0) is 12.1. The van der Waals surface area contributed by atoms with Gasteiger partial charge in [0.15, 0.2) is 0 Å². The van der Waals surface area contributed by atoms with Crippen molar-refractivity contribution in [2.24, 2.45) is 0 Å². The number of carbonyl (C=O) groups excluding carboxylic acids is 1. The lowest BCUT2D eigenvalue weighted by Gasteiger charge is -2.23. The van der Waals surface area contributed by atoms with Crippen LogP contribution in [0, 0.1) is 0 Å². The van der Waals surface area contributed by atoms with E-state index in [1.807, 2.05) is 0 Å². The van der Waals surface area contributed by atoms with Crippen LogP contribution in [0.5, 0.6) is 0 Å². The van der Waals surface area contributed by atoms with Gasteiger partial charge in [-0.2, -0.15) is 13.2 Å². The van der Waals surface area contributed by atoms with E-state index in [2.05, 4.69) is 26.0 Å². The van der Waals surface area contributed by atoms with Gasteiger partial charge in [-0.25, -0.2) is 0 Å². The molecule has 0 aromatic carbocycles. The molecule has 0 radical (unpaired) electrons. The minimum absolute atomic E-state index is 0.501. The van der Waals surface area contributed by atoms with Crippen molar-refractivity contribution >= 4 is 21.8 Å². The summed E-state index contributed by atoms with van der Waals surface area (Å²) in [6.45, 7) is 1.48. The van der Waals surface area contributed by atoms with Gasteiger partial charge in [-0.05, 0) is 13.8 Å². The highest BCUT2D eigenvalue weighted by atomic mass is 79.9. The molecule has 1 amide bonds. The number of hydrogen-bond donors (Lipinski definition) is 1. The molecule has 0 fully saturated rings. The van der Waals surface area contributed by atoms with E-state index in [-0.39, 0.29) is 0 Å². The SMILES string of the molecule is CC(C)(CBr)NC(=O)COCC(F)(F)F. The molecule has 0 aromatic heterocycles. The van der Waals surface area contributed by atoms with Crippen LogP contribution in [0.15, 0.2) is 0 Å². The molecular formula is C8H13BrF3NO2. The van der Waals surface area contributed by atoms with Crippen LogP contribution >= 0.6 is 15.9 Å². The van der Waals surface area contributed by atoms with Crippen LogP contribution in [0.2, 0.25) is 0 Å². The average molecular weight is 292 g/mol. The van der Waals surface area contributed by atoms with Crippen molar-refractivity contribution in [1.82, 2.24) is 5.32 Å². The fourth-order valence-corrected chi connectivity index (χ4v) is 0.847. The van der Waals surface area contributed by atoms with E-state index in [9.17, 15) is 18.0 Å². The number of hydrogen-bond acceptors (Lipinski definition) is 2. The first-order valence-corrected chi connectivity index (χ1v) is 5.30. The monoisotopic (exact) mass is 291 g/mol. The second kappa shape index (κ2) is 5.69. The Morgan fingerprint density at radius 1 is 1.40 bits per heavy atom. The van der Waals surface area contributed by atoms with Gasteiger partial charge in [0, 0.05) is 10.9 Å². The standard InChI is InChI=1S/C8H13BrF3NO2/c1-7(2,4-9)13-6(14)3-15-5-8(10,11)12/h3-5H2,1-2H3,(H,13,14). The molecular weight excluding hydrogens is 279 g/mol. The summed E-state index contributed by atoms with van der Waals surface area (Å²) < 4.78 is 39.1. The van der Waals surface area contributed by atoms with E-state index in [1.54, 1.807) is 13.8 Å². The number of alkyl halides is 4. The summed E-state index contributed by atoms with van der Waals surface area (Å²) in [5.41, 5.74) is -0.501. The molecule has 0 saturated heterocycles. The largest absolute Gasteiger partial charge is 0.411 e. The third kappa shape index (κ3) is 8.68. The summed E-state index contributed by atoms with van der Waals surface area (Å²) in [4.78, 5) is 11.1. The third-order valence-corrected chi connectivity index (χ3v) is 2.71. The summed E-state index contributed by atoms with van der Waals surface area (Å²) >= 11 is 3.16. The molecule has 0 aliphatic carbocycles. The predicted octanol–water partition coefficient (Wildman–Crippen LogP) is 1.86. The lowest BCUT2D eigenvalue weighted by molar-refractivity contribution is -0.175. The highest BCUT2D eigenvalue weighted by Gasteiger charge is 2.28. The molecule has 0 heterocycles. The van der Waals surface area contributed by atoms with Crippen LogP contribution in [0.25, 0.3) is 0 Å². The molecule has 0 bridgehead atoms. The molecule has 1 N–H and O–H groups in total. The molecule has 0 aromatic rings. The van der Waals surface area contributed by atoms with Gasteiger partial charge in [0.05, 0.1) is 0 Å². The van der Waals surface area contributed by atoms with Crippen molar-refractivity contribution in [3.05, 3.63) is 0 Å². The number of carbonyl (C=O) groups is 1. The van der Waals surface area contributed by atoms with Gasteiger partial charge in [0.1, 0.15) is 13.2 Å². The summed E-state index contributed by atoms with van der Waals surface area (Å²) in [5, 5.41) is 3.02. The molecule has 0 aliphatic heterocycles. The van der Waals surface area contributed by atoms with E-state index < -0.39 is 30.8 Å². The van der Waals surface area contributed by atoms with Crippen molar-refractivity contribution in [1.29, 1.82) is 0 Å². The van der Waals surface area contributed by atoms with E-state index in [4.69, 9.17) is 0 Å². The maximum Gasteiger partial charge on any atom is 0.411 e. The Morgan fingerprint density at radius 3 is 2.33 bits per heavy atom. The highest BCUT2D eigenvalue weighted by Crippen LogP contribution is 2.14. The second-order valence-electron chi connectivity index (χ2n) is 3.67. The van der Waals surface area contributed by atoms with Crippen molar-refractivity contribution in [3.63, 3.8) is 0 Å². The molecule has 0 spiro atoms. The van der Waals surface area contributed by atoms with Crippen molar-refractivity contribution in [2.45, 2.75) is 25.6 Å². The lowest BCUT2D eigenvalue weighted by Crippen LogP contribution is -2.46. The van der Waals surface area contributed by atoms with E-state index in [0.29, 0.717) is 5.33 Å². The molecule has 3 nitrogen and oxygen atoms in total. The Hall–Kier alpha value is -0.300. The zero-order valence-electron chi connectivity index (χ0n) is 8.45. The average Bonchev–Trinajstić information content (AvgIpc) is 2.00. The maximum atomic E-state index is 11.6. The maximum absolute atomic E-state index is 11.6. The Bertz CT molecular complexity index is 218. The van der Waals surface area contributed by atoms with Crippen LogP contribution < -0.4 is 5.32 Å². The molecule has 7 heteroatoms. The molecule has 15 heavy (non-hydrogen) atoms. The highest BCUT2D eigenvalue weighted by molar-refractivity contribution is 9.09. The minimum Gasteiger partial charge on any atom is -0.362 e. The molecule has 0 unspecified atom stereocenters. The first kappa shape index (κ1) is 14.7. The number of amides is 1. The van der Waals surface area contributed by atoms with Crippen molar-refractivity contribution in [3.8, 4) is 0 Å². The summed E-state index contributed by atoms with van der Waals surface area (Å²) in [5.74, 6) is -0.566. The molecule has 0 rings (SSSR count). The number of halogens is 4. The van der Waals surface area contributed by atoms with Crippen LogP contribution in [-0.4, -0.2) is 36.2 Å². The van der Waals surface area contributed by atoms with Crippen LogP contribution in [-0.2, 0) is 9.53 Å². The van der Waals surface area contributed by atoms with Gasteiger partial charge >= 0.3 is 6.18 Å². The first-order valence-electron chi connectivity index (χ1n) is 4.18. The predicted molar refractivity (Wildman–Crippen MR) is 52.9 cm³/mol. The first-order chi connectivity index (χ1) is 6.66. The minimum atomic E-state index is -4.40. The van der Waals surface area contributed by atoms with Gasteiger partial charge in [0.25, 0.3) is 0 Å². The molecule has 0 saturated carbocycles. The van der Waals surface area contributed by atoms with E-state index in [1.165, 1.54) is 0 Å². The van der Waals surface area contributed by atoms with Crippen LogP contribution in [0.4, 0.5) is 13.2 Å². The topological polar surface area (TPSA) is 38.3 Å². The van der Waals surface area contributed by atoms with Gasteiger partial charge in [-0.3, -0.25) is 4.79 Å². The normalized spacial score (nSPS) is 12.7. The van der Waals surface area contributed by atoms with Crippen LogP contribution in [0.3, 0.4) is 0 Å². The Kier molecular flexibility index (Phi) is 5.58. The summed E-state index contributed by atoms with van der Waals surface area (Å²) in [6, 6.07) is 0. The van der Waals surface area contributed by atoms with E-state index in [0.717, 1.165) is 0 Å². The number of rotatable bonds is 5. The second-order valence-corrected chi connectivity index (χ2v) is 4.23. The number of ether oxygens (including phenoxy) is 1. The van der Waals surface area contributed by atoms with Crippen molar-refractivity contribution in [2.75, 3.05) is 18.5 Å². The lowest BCUT2D eigenvalue weighted by atomic mass is 10.1. The zero-order valence-corrected chi connectivity index (χ0v) is 10.0. The summed E-state index contributed by atoms with van der Waals surface area (Å²) in [6.07, 6.45) is -4.40. The van der Waals surface area contributed by atoms with E-state index >= 15 is 0 Å².